The minimum absolute atomic E-state index is 0.118. The monoisotopic (exact) mass is 487 g/mol. The molecule has 0 aliphatic carbocycles. The van der Waals surface area contributed by atoms with Crippen LogP contribution in [-0.2, 0) is 22.3 Å². The van der Waals surface area contributed by atoms with Crippen molar-refractivity contribution in [2.45, 2.75) is 25.9 Å². The summed E-state index contributed by atoms with van der Waals surface area (Å²) in [4.78, 5) is 14.3. The number of fused-ring (bicyclic) bond motifs is 1. The van der Waals surface area contributed by atoms with Gasteiger partial charge in [0.1, 0.15) is 11.5 Å². The molecular weight excluding hydrogens is 465 g/mol. The number of rotatable bonds is 7. The van der Waals surface area contributed by atoms with Gasteiger partial charge in [-0.15, -0.1) is 5.10 Å². The highest BCUT2D eigenvalue weighted by atomic mass is 32.2. The summed E-state index contributed by atoms with van der Waals surface area (Å²) in [6, 6.07) is 12.6. The van der Waals surface area contributed by atoms with Crippen LogP contribution in [0.5, 0.6) is 17.4 Å². The van der Waals surface area contributed by atoms with E-state index >= 15 is 4.39 Å². The molecule has 3 aromatic rings. The van der Waals surface area contributed by atoms with E-state index in [4.69, 9.17) is 9.47 Å². The molecule has 0 spiro atoms. The molecule has 0 atom stereocenters. The average molecular weight is 488 g/mol. The lowest BCUT2D eigenvalue weighted by molar-refractivity contribution is 0.0735. The number of aromatic nitrogens is 2. The fourth-order valence-electron chi connectivity index (χ4n) is 3.55. The number of carbonyl (C=O) groups is 1. The summed E-state index contributed by atoms with van der Waals surface area (Å²) in [6.07, 6.45) is 0.835. The van der Waals surface area contributed by atoms with E-state index in [0.717, 1.165) is 0 Å². The number of carbonyl (C=O) groups excluding carboxylic acids is 1. The van der Waals surface area contributed by atoms with Gasteiger partial charge in [-0.05, 0) is 38.1 Å². The van der Waals surface area contributed by atoms with E-state index in [2.05, 4.69) is 19.6 Å². The zero-order chi connectivity index (χ0) is 24.5. The van der Waals surface area contributed by atoms with E-state index in [0.29, 0.717) is 17.1 Å². The van der Waals surface area contributed by atoms with Crippen LogP contribution in [0.25, 0.3) is 0 Å². The lowest BCUT2D eigenvalue weighted by atomic mass is 9.89. The molecule has 2 N–H and O–H groups in total. The molecule has 0 fully saturated rings. The van der Waals surface area contributed by atoms with Gasteiger partial charge in [0.15, 0.2) is 5.82 Å². The second kappa shape index (κ2) is 8.88. The number of nitrogens with zero attached hydrogens (tertiary/aromatic N) is 3. The molecule has 178 valence electrons. The summed E-state index contributed by atoms with van der Waals surface area (Å²) in [6.45, 7) is 3.46. The topological polar surface area (TPSA) is 123 Å². The van der Waals surface area contributed by atoms with E-state index in [9.17, 15) is 13.2 Å². The summed E-state index contributed by atoms with van der Waals surface area (Å²) >= 11 is 0. The molecule has 10 nitrogen and oxygen atoms in total. The van der Waals surface area contributed by atoms with Crippen LogP contribution >= 0.6 is 0 Å². The van der Waals surface area contributed by atoms with Gasteiger partial charge in [-0.25, -0.2) is 13.9 Å². The standard InChI is InChI=1S/C22H22FN5O5S/c1-22(2)16-10-9-15(32-19-8-5-11-25-26-19)12-18(16)33-21(29)28(22)13-14-6-4-7-17(20(14)23)27-34(30,31)24-3/h4-12,24,27H,13H2,1-3H3. The highest BCUT2D eigenvalue weighted by molar-refractivity contribution is 7.90. The molecule has 2 heterocycles. The number of benzene rings is 2. The maximum atomic E-state index is 15.1. The van der Waals surface area contributed by atoms with Crippen LogP contribution in [-0.4, -0.2) is 36.7 Å². The molecule has 2 aromatic carbocycles. The number of nitrogens with one attached hydrogen (secondary N) is 2. The number of hydrogen-bond acceptors (Lipinski definition) is 7. The fraction of sp³-hybridized carbons (Fsp3) is 0.227. The van der Waals surface area contributed by atoms with Crippen LogP contribution in [0.4, 0.5) is 14.9 Å². The van der Waals surface area contributed by atoms with Gasteiger partial charge < -0.3 is 9.47 Å². The highest BCUT2D eigenvalue weighted by Crippen LogP contribution is 2.42. The van der Waals surface area contributed by atoms with E-state index < -0.39 is 27.7 Å². The zero-order valence-corrected chi connectivity index (χ0v) is 19.4. The Kier molecular flexibility index (Phi) is 6.11. The van der Waals surface area contributed by atoms with Gasteiger partial charge in [-0.1, -0.05) is 12.1 Å². The molecule has 1 aliphatic heterocycles. The Morgan fingerprint density at radius 3 is 2.68 bits per heavy atom. The summed E-state index contributed by atoms with van der Waals surface area (Å²) in [7, 11) is -2.70. The van der Waals surface area contributed by atoms with Gasteiger partial charge in [0.25, 0.3) is 10.2 Å². The molecule has 0 bridgehead atoms. The number of ether oxygens (including phenoxy) is 2. The third kappa shape index (κ3) is 4.63. The van der Waals surface area contributed by atoms with E-state index in [1.165, 1.54) is 36.3 Å². The van der Waals surface area contributed by atoms with Crippen molar-refractivity contribution in [3.05, 3.63) is 71.7 Å². The average Bonchev–Trinajstić information content (AvgIpc) is 2.79. The van der Waals surface area contributed by atoms with Crippen LogP contribution < -0.4 is 18.9 Å². The Morgan fingerprint density at radius 1 is 1.18 bits per heavy atom. The lowest BCUT2D eigenvalue weighted by Crippen LogP contribution is -2.50. The van der Waals surface area contributed by atoms with Gasteiger partial charge >= 0.3 is 6.09 Å². The Morgan fingerprint density at radius 2 is 1.97 bits per heavy atom. The van der Waals surface area contributed by atoms with Crippen molar-refractivity contribution in [3.63, 3.8) is 0 Å². The van der Waals surface area contributed by atoms with Crippen LogP contribution in [0, 0.1) is 5.82 Å². The molecule has 12 heteroatoms. The van der Waals surface area contributed by atoms with Crippen LogP contribution in [0.15, 0.2) is 54.7 Å². The van der Waals surface area contributed by atoms with Crippen LogP contribution in [0.1, 0.15) is 25.0 Å². The Balaban J connectivity index is 1.61. The molecule has 1 aromatic heterocycles. The Hall–Kier alpha value is -3.77. The smallest absolute Gasteiger partial charge is 0.416 e. The maximum Gasteiger partial charge on any atom is 0.416 e. The maximum absolute atomic E-state index is 15.1. The molecule has 0 saturated heterocycles. The first-order valence-electron chi connectivity index (χ1n) is 10.2. The summed E-state index contributed by atoms with van der Waals surface area (Å²) in [5.74, 6) is 0.216. The first-order valence-corrected chi connectivity index (χ1v) is 11.7. The summed E-state index contributed by atoms with van der Waals surface area (Å²) in [5.41, 5.74) is -0.303. The fourth-order valence-corrected chi connectivity index (χ4v) is 4.10. The van der Waals surface area contributed by atoms with Gasteiger partial charge in [-0.2, -0.15) is 13.5 Å². The van der Waals surface area contributed by atoms with E-state index in [1.807, 2.05) is 0 Å². The van der Waals surface area contributed by atoms with Gasteiger partial charge in [0.2, 0.25) is 5.88 Å². The largest absolute Gasteiger partial charge is 0.437 e. The SMILES string of the molecule is CNS(=O)(=O)Nc1cccc(CN2C(=O)Oc3cc(Oc4cccnn4)ccc3C2(C)C)c1F. The molecule has 0 saturated carbocycles. The molecule has 0 unspecified atom stereocenters. The number of halogens is 1. The lowest BCUT2D eigenvalue weighted by Gasteiger charge is -2.42. The van der Waals surface area contributed by atoms with E-state index in [-0.39, 0.29) is 23.7 Å². The second-order valence-corrected chi connectivity index (χ2v) is 9.54. The molecule has 1 aliphatic rings. The van der Waals surface area contributed by atoms with Crippen molar-refractivity contribution in [1.82, 2.24) is 19.8 Å². The molecule has 1 amide bonds. The zero-order valence-electron chi connectivity index (χ0n) is 18.6. The number of hydrogen-bond donors (Lipinski definition) is 2. The second-order valence-electron chi connectivity index (χ2n) is 7.92. The van der Waals surface area contributed by atoms with Crippen molar-refractivity contribution < 1.29 is 27.1 Å². The molecular formula is C22H22FN5O5S. The first-order chi connectivity index (χ1) is 16.1. The van der Waals surface area contributed by atoms with Gasteiger partial charge in [0, 0.05) is 36.5 Å². The normalized spacial score (nSPS) is 14.8. The van der Waals surface area contributed by atoms with E-state index in [1.54, 1.807) is 44.2 Å². The van der Waals surface area contributed by atoms with Crippen molar-refractivity contribution in [1.29, 1.82) is 0 Å². The van der Waals surface area contributed by atoms with Crippen molar-refractivity contribution in [3.8, 4) is 17.4 Å². The van der Waals surface area contributed by atoms with Gasteiger partial charge in [0.05, 0.1) is 17.8 Å². The predicted octanol–water partition coefficient (Wildman–Crippen LogP) is 3.53. The minimum Gasteiger partial charge on any atom is -0.437 e. The van der Waals surface area contributed by atoms with Crippen molar-refractivity contribution in [2.75, 3.05) is 11.8 Å². The Bertz CT molecular complexity index is 1330. The quantitative estimate of drug-likeness (QED) is 0.523. The van der Waals surface area contributed by atoms with Crippen LogP contribution in [0.2, 0.25) is 0 Å². The third-order valence-electron chi connectivity index (χ3n) is 5.40. The van der Waals surface area contributed by atoms with Gasteiger partial charge in [-0.3, -0.25) is 9.62 Å². The third-order valence-corrected chi connectivity index (χ3v) is 6.42. The summed E-state index contributed by atoms with van der Waals surface area (Å²) in [5, 5.41) is 7.61. The molecule has 4 rings (SSSR count). The van der Waals surface area contributed by atoms with Crippen molar-refractivity contribution in [2.24, 2.45) is 0 Å². The minimum atomic E-state index is -3.91. The highest BCUT2D eigenvalue weighted by Gasteiger charge is 2.41. The molecule has 34 heavy (non-hydrogen) atoms. The number of anilines is 1. The Labute approximate surface area is 195 Å². The molecule has 0 radical (unpaired) electrons. The van der Waals surface area contributed by atoms with Crippen LogP contribution in [0.3, 0.4) is 0 Å². The number of amides is 1. The predicted molar refractivity (Wildman–Crippen MR) is 121 cm³/mol. The van der Waals surface area contributed by atoms with Crippen molar-refractivity contribution >= 4 is 22.0 Å². The summed E-state index contributed by atoms with van der Waals surface area (Å²) < 4.78 is 54.0. The first kappa shape index (κ1) is 23.4.